The Balaban J connectivity index is 2.29. The maximum absolute atomic E-state index is 11.5. The Bertz CT molecular complexity index is 384. The van der Waals surface area contributed by atoms with Crippen molar-refractivity contribution in [2.24, 2.45) is 5.41 Å². The Hall–Kier alpha value is -0.830. The van der Waals surface area contributed by atoms with Gasteiger partial charge in [-0.1, -0.05) is 25.4 Å². The number of ketones is 1. The molecule has 0 amide bonds. The summed E-state index contributed by atoms with van der Waals surface area (Å²) in [4.78, 5) is 11.5. The van der Waals surface area contributed by atoms with Crippen LogP contribution in [0.15, 0.2) is 12.4 Å². The van der Waals surface area contributed by atoms with Gasteiger partial charge in [-0.2, -0.15) is 5.10 Å². The molecule has 0 bridgehead atoms. The monoisotopic (exact) mass is 226 g/mol. The minimum absolute atomic E-state index is 0.114. The van der Waals surface area contributed by atoms with E-state index in [-0.39, 0.29) is 11.5 Å². The van der Waals surface area contributed by atoms with Crippen LogP contribution in [-0.2, 0) is 4.79 Å². The molecule has 1 unspecified atom stereocenters. The third-order valence-electron chi connectivity index (χ3n) is 3.26. The van der Waals surface area contributed by atoms with Crippen LogP contribution < -0.4 is 0 Å². The first-order valence-corrected chi connectivity index (χ1v) is 5.58. The van der Waals surface area contributed by atoms with Gasteiger partial charge < -0.3 is 0 Å². The highest BCUT2D eigenvalue weighted by molar-refractivity contribution is 6.30. The fourth-order valence-electron chi connectivity index (χ4n) is 2.16. The first-order valence-electron chi connectivity index (χ1n) is 5.20. The number of rotatable bonds is 1. The molecule has 0 radical (unpaired) electrons. The van der Waals surface area contributed by atoms with E-state index in [9.17, 15) is 4.79 Å². The number of halogens is 1. The van der Waals surface area contributed by atoms with Gasteiger partial charge >= 0.3 is 0 Å². The molecule has 1 heterocycles. The van der Waals surface area contributed by atoms with E-state index in [1.807, 2.05) is 4.68 Å². The van der Waals surface area contributed by atoms with E-state index >= 15 is 0 Å². The van der Waals surface area contributed by atoms with Crippen molar-refractivity contribution < 1.29 is 4.79 Å². The van der Waals surface area contributed by atoms with Crippen LogP contribution in [0.5, 0.6) is 0 Å². The molecule has 0 spiro atoms. The molecule has 1 saturated carbocycles. The van der Waals surface area contributed by atoms with Gasteiger partial charge in [0.2, 0.25) is 0 Å². The van der Waals surface area contributed by atoms with Gasteiger partial charge in [-0.15, -0.1) is 0 Å². The number of carbonyl (C=O) groups is 1. The summed E-state index contributed by atoms with van der Waals surface area (Å²) < 4.78 is 1.83. The third kappa shape index (κ3) is 2.07. The highest BCUT2D eigenvalue weighted by Gasteiger charge is 2.37. The number of Topliss-reactive ketones (excluding diaryl/α,β-unsaturated/α-hetero) is 1. The quantitative estimate of drug-likeness (QED) is 0.738. The second kappa shape index (κ2) is 3.63. The number of aromatic nitrogens is 2. The van der Waals surface area contributed by atoms with Gasteiger partial charge in [-0.25, -0.2) is 0 Å². The third-order valence-corrected chi connectivity index (χ3v) is 3.46. The van der Waals surface area contributed by atoms with Crippen LogP contribution >= 0.6 is 11.6 Å². The molecular formula is C11H15ClN2O. The molecule has 1 aromatic rings. The first kappa shape index (κ1) is 10.7. The van der Waals surface area contributed by atoms with Crippen LogP contribution in [0.4, 0.5) is 0 Å². The van der Waals surface area contributed by atoms with Gasteiger partial charge in [0.25, 0.3) is 0 Å². The zero-order chi connectivity index (χ0) is 11.1. The summed E-state index contributed by atoms with van der Waals surface area (Å²) in [5.74, 6) is 0.325. The molecule has 0 aromatic carbocycles. The van der Waals surface area contributed by atoms with Gasteiger partial charge in [-0.05, 0) is 11.8 Å². The van der Waals surface area contributed by atoms with Gasteiger partial charge in [0, 0.05) is 19.0 Å². The van der Waals surface area contributed by atoms with E-state index in [0.29, 0.717) is 23.6 Å². The lowest BCUT2D eigenvalue weighted by molar-refractivity contribution is -0.124. The van der Waals surface area contributed by atoms with E-state index in [1.165, 1.54) is 0 Å². The average Bonchev–Trinajstić information content (AvgIpc) is 2.56. The van der Waals surface area contributed by atoms with Gasteiger partial charge in [0.05, 0.1) is 17.3 Å². The molecule has 0 saturated heterocycles. The molecule has 0 aliphatic heterocycles. The molecule has 1 aliphatic rings. The topological polar surface area (TPSA) is 34.9 Å². The number of nitrogens with zero attached hydrogens (tertiary/aromatic N) is 2. The standard InChI is InChI=1S/C11H15ClN2O/c1-11(2)4-3-9(15)5-10(11)14-7-8(12)6-13-14/h6-7,10H,3-5H2,1-2H3. The van der Waals surface area contributed by atoms with Crippen molar-refractivity contribution in [1.29, 1.82) is 0 Å². The SMILES string of the molecule is CC1(C)CCC(=O)CC1n1cc(Cl)cn1. The second-order valence-electron chi connectivity index (χ2n) is 4.89. The van der Waals surface area contributed by atoms with E-state index in [4.69, 9.17) is 11.6 Å². The lowest BCUT2D eigenvalue weighted by Crippen LogP contribution is -2.34. The molecule has 1 aliphatic carbocycles. The molecule has 3 nitrogen and oxygen atoms in total. The van der Waals surface area contributed by atoms with Gasteiger partial charge in [-0.3, -0.25) is 9.48 Å². The Morgan fingerprint density at radius 2 is 2.33 bits per heavy atom. The summed E-state index contributed by atoms with van der Waals surface area (Å²) in [5, 5.41) is 4.83. The predicted molar refractivity (Wildman–Crippen MR) is 58.9 cm³/mol. The fourth-order valence-corrected chi connectivity index (χ4v) is 2.30. The Kier molecular flexibility index (Phi) is 2.59. The summed E-state index contributed by atoms with van der Waals surface area (Å²) in [6.45, 7) is 4.36. The molecule has 2 rings (SSSR count). The van der Waals surface area contributed by atoms with Crippen LogP contribution in [-0.4, -0.2) is 15.6 Å². The van der Waals surface area contributed by atoms with Crippen molar-refractivity contribution in [3.05, 3.63) is 17.4 Å². The molecule has 1 atom stereocenters. The summed E-state index contributed by atoms with van der Waals surface area (Å²) in [6, 6.07) is 0.145. The summed E-state index contributed by atoms with van der Waals surface area (Å²) in [5.41, 5.74) is 0.114. The lowest BCUT2D eigenvalue weighted by Gasteiger charge is -2.37. The molecule has 15 heavy (non-hydrogen) atoms. The lowest BCUT2D eigenvalue weighted by atomic mass is 9.73. The number of carbonyl (C=O) groups excluding carboxylic acids is 1. The number of hydrogen-bond donors (Lipinski definition) is 0. The Morgan fingerprint density at radius 1 is 1.60 bits per heavy atom. The first-order chi connectivity index (χ1) is 6.99. The molecule has 1 aromatic heterocycles. The van der Waals surface area contributed by atoms with Gasteiger partial charge in [0.1, 0.15) is 5.78 Å². The van der Waals surface area contributed by atoms with E-state index in [1.54, 1.807) is 12.4 Å². The summed E-state index contributed by atoms with van der Waals surface area (Å²) in [6.07, 6.45) is 5.61. The van der Waals surface area contributed by atoms with Gasteiger partial charge in [0.15, 0.2) is 0 Å². The molecule has 1 fully saturated rings. The van der Waals surface area contributed by atoms with E-state index in [0.717, 1.165) is 6.42 Å². The molecule has 0 N–H and O–H groups in total. The van der Waals surface area contributed by atoms with E-state index in [2.05, 4.69) is 18.9 Å². The molecule has 4 heteroatoms. The van der Waals surface area contributed by atoms with Crippen LogP contribution in [0.25, 0.3) is 0 Å². The average molecular weight is 227 g/mol. The number of hydrogen-bond acceptors (Lipinski definition) is 2. The maximum Gasteiger partial charge on any atom is 0.135 e. The smallest absolute Gasteiger partial charge is 0.135 e. The highest BCUT2D eigenvalue weighted by atomic mass is 35.5. The Labute approximate surface area is 94.4 Å². The summed E-state index contributed by atoms with van der Waals surface area (Å²) >= 11 is 5.84. The van der Waals surface area contributed by atoms with Crippen molar-refractivity contribution in [2.45, 2.75) is 39.2 Å². The van der Waals surface area contributed by atoms with E-state index < -0.39 is 0 Å². The zero-order valence-electron chi connectivity index (χ0n) is 9.03. The van der Waals surface area contributed by atoms with Crippen molar-refractivity contribution >= 4 is 17.4 Å². The van der Waals surface area contributed by atoms with Crippen LogP contribution in [0.2, 0.25) is 5.02 Å². The van der Waals surface area contributed by atoms with Crippen molar-refractivity contribution in [2.75, 3.05) is 0 Å². The largest absolute Gasteiger partial charge is 0.300 e. The second-order valence-corrected chi connectivity index (χ2v) is 5.32. The predicted octanol–water partition coefficient (Wildman–Crippen LogP) is 2.86. The minimum atomic E-state index is 0.114. The zero-order valence-corrected chi connectivity index (χ0v) is 9.79. The van der Waals surface area contributed by atoms with Crippen LogP contribution in [0, 0.1) is 5.41 Å². The van der Waals surface area contributed by atoms with Crippen molar-refractivity contribution in [1.82, 2.24) is 9.78 Å². The molecule has 82 valence electrons. The van der Waals surface area contributed by atoms with Crippen molar-refractivity contribution in [3.63, 3.8) is 0 Å². The molecular weight excluding hydrogens is 212 g/mol. The Morgan fingerprint density at radius 3 is 2.93 bits per heavy atom. The minimum Gasteiger partial charge on any atom is -0.300 e. The fraction of sp³-hybridized carbons (Fsp3) is 0.636. The van der Waals surface area contributed by atoms with Crippen LogP contribution in [0.1, 0.15) is 39.2 Å². The maximum atomic E-state index is 11.5. The van der Waals surface area contributed by atoms with Crippen LogP contribution in [0.3, 0.4) is 0 Å². The highest BCUT2D eigenvalue weighted by Crippen LogP contribution is 2.42. The van der Waals surface area contributed by atoms with Crippen molar-refractivity contribution in [3.8, 4) is 0 Å². The normalized spacial score (nSPS) is 25.5. The summed E-state index contributed by atoms with van der Waals surface area (Å²) in [7, 11) is 0.